The number of hydrogen-bond donors (Lipinski definition) is 2. The quantitative estimate of drug-likeness (QED) is 0.889. The Hall–Kier alpha value is -2.44. The lowest BCUT2D eigenvalue weighted by atomic mass is 10.1. The highest BCUT2D eigenvalue weighted by atomic mass is 19.1. The average molecular weight is 294 g/mol. The summed E-state index contributed by atoms with van der Waals surface area (Å²) >= 11 is 0. The van der Waals surface area contributed by atoms with E-state index in [-0.39, 0.29) is 17.3 Å². The molecule has 0 aliphatic rings. The molecule has 2 rings (SSSR count). The van der Waals surface area contributed by atoms with Gasteiger partial charge in [-0.25, -0.2) is 8.78 Å². The molecular formula is C14H16F2N4O. The molecule has 1 heterocycles. The second-order valence-electron chi connectivity index (χ2n) is 4.67. The minimum atomic E-state index is -0.975. The van der Waals surface area contributed by atoms with E-state index in [1.165, 1.54) is 0 Å². The van der Waals surface area contributed by atoms with Crippen molar-refractivity contribution in [1.29, 1.82) is 0 Å². The largest absolute Gasteiger partial charge is 0.376 e. The molecule has 1 unspecified atom stereocenters. The van der Waals surface area contributed by atoms with Crippen molar-refractivity contribution in [3.63, 3.8) is 0 Å². The smallest absolute Gasteiger partial charge is 0.251 e. The maximum Gasteiger partial charge on any atom is 0.251 e. The first-order chi connectivity index (χ1) is 9.92. The molecule has 1 aromatic heterocycles. The van der Waals surface area contributed by atoms with Gasteiger partial charge in [0.15, 0.2) is 0 Å². The molecule has 2 aromatic rings. The molecule has 112 valence electrons. The summed E-state index contributed by atoms with van der Waals surface area (Å²) < 4.78 is 28.9. The Morgan fingerprint density at radius 3 is 2.71 bits per heavy atom. The molecule has 5 nitrogen and oxygen atoms in total. The van der Waals surface area contributed by atoms with Crippen LogP contribution in [0.2, 0.25) is 0 Å². The van der Waals surface area contributed by atoms with Crippen LogP contribution in [0, 0.1) is 11.6 Å². The lowest BCUT2D eigenvalue weighted by Crippen LogP contribution is -2.15. The molecule has 1 aromatic carbocycles. The Labute approximate surface area is 120 Å². The first-order valence-corrected chi connectivity index (χ1v) is 6.50. The van der Waals surface area contributed by atoms with Crippen molar-refractivity contribution < 1.29 is 13.6 Å². The number of nitrogens with one attached hydrogen (secondary N) is 1. The minimum Gasteiger partial charge on any atom is -0.376 e. The highest BCUT2D eigenvalue weighted by Crippen LogP contribution is 2.24. The number of rotatable bonds is 5. The number of amides is 1. The van der Waals surface area contributed by atoms with Gasteiger partial charge in [0.2, 0.25) is 0 Å². The van der Waals surface area contributed by atoms with E-state index in [4.69, 9.17) is 5.73 Å². The lowest BCUT2D eigenvalue weighted by molar-refractivity contribution is 0.0996. The first kappa shape index (κ1) is 15.0. The van der Waals surface area contributed by atoms with Gasteiger partial charge in [-0.15, -0.1) is 0 Å². The van der Waals surface area contributed by atoms with Gasteiger partial charge in [0.05, 0.1) is 23.5 Å². The number of nitrogens with zero attached hydrogens (tertiary/aromatic N) is 2. The van der Waals surface area contributed by atoms with Crippen LogP contribution in [0.5, 0.6) is 0 Å². The van der Waals surface area contributed by atoms with Crippen LogP contribution in [-0.4, -0.2) is 15.7 Å². The number of aromatic nitrogens is 2. The zero-order chi connectivity index (χ0) is 15.6. The van der Waals surface area contributed by atoms with Gasteiger partial charge >= 0.3 is 0 Å². The third-order valence-electron chi connectivity index (χ3n) is 3.17. The Balaban J connectivity index is 2.26. The van der Waals surface area contributed by atoms with Crippen LogP contribution >= 0.6 is 0 Å². The molecule has 0 aliphatic heterocycles. The fraction of sp³-hybridized carbons (Fsp3) is 0.286. The second kappa shape index (κ2) is 5.90. The first-order valence-electron chi connectivity index (χ1n) is 6.50. The third-order valence-corrected chi connectivity index (χ3v) is 3.17. The maximum absolute atomic E-state index is 13.8. The van der Waals surface area contributed by atoms with Crippen LogP contribution in [0.4, 0.5) is 14.5 Å². The Bertz CT molecular complexity index is 669. The van der Waals surface area contributed by atoms with Crippen molar-refractivity contribution in [3.8, 4) is 0 Å². The molecule has 0 radical (unpaired) electrons. The summed E-state index contributed by atoms with van der Waals surface area (Å²) in [5.74, 6) is -2.70. The van der Waals surface area contributed by atoms with Crippen molar-refractivity contribution >= 4 is 11.6 Å². The summed E-state index contributed by atoms with van der Waals surface area (Å²) in [6, 6.07) is 1.46. The monoisotopic (exact) mass is 294 g/mol. The van der Waals surface area contributed by atoms with Gasteiger partial charge in [0.1, 0.15) is 11.6 Å². The summed E-state index contributed by atoms with van der Waals surface area (Å²) in [7, 11) is 0. The highest BCUT2D eigenvalue weighted by molar-refractivity contribution is 5.94. The summed E-state index contributed by atoms with van der Waals surface area (Å²) in [4.78, 5) is 11.1. The van der Waals surface area contributed by atoms with Gasteiger partial charge in [0.25, 0.3) is 5.91 Å². The highest BCUT2D eigenvalue weighted by Gasteiger charge is 2.16. The minimum absolute atomic E-state index is 0.0157. The number of aryl methyl sites for hydroxylation is 1. The topological polar surface area (TPSA) is 72.9 Å². The van der Waals surface area contributed by atoms with Gasteiger partial charge in [-0.2, -0.15) is 5.10 Å². The number of halogens is 2. The number of carbonyl (C=O) groups is 1. The van der Waals surface area contributed by atoms with E-state index in [1.807, 2.05) is 20.0 Å². The Morgan fingerprint density at radius 1 is 1.43 bits per heavy atom. The van der Waals surface area contributed by atoms with E-state index in [9.17, 15) is 13.6 Å². The molecule has 0 spiro atoms. The van der Waals surface area contributed by atoms with E-state index in [2.05, 4.69) is 10.4 Å². The number of hydrogen-bond acceptors (Lipinski definition) is 3. The summed E-state index contributed by atoms with van der Waals surface area (Å²) in [6.07, 6.45) is 3.49. The van der Waals surface area contributed by atoms with E-state index in [0.29, 0.717) is 6.07 Å². The molecule has 0 fully saturated rings. The molecule has 7 heteroatoms. The number of anilines is 1. The van der Waals surface area contributed by atoms with Gasteiger partial charge in [-0.05, 0) is 19.9 Å². The van der Waals surface area contributed by atoms with Crippen LogP contribution in [-0.2, 0) is 6.54 Å². The summed E-state index contributed by atoms with van der Waals surface area (Å²) in [5.41, 5.74) is 5.57. The van der Waals surface area contributed by atoms with Crippen LogP contribution in [0.25, 0.3) is 0 Å². The molecule has 0 saturated heterocycles. The molecular weight excluding hydrogens is 278 g/mol. The third kappa shape index (κ3) is 3.18. The molecule has 0 bridgehead atoms. The van der Waals surface area contributed by atoms with E-state index >= 15 is 0 Å². The molecule has 1 amide bonds. The molecule has 1 atom stereocenters. The molecule has 3 N–H and O–H groups in total. The molecule has 21 heavy (non-hydrogen) atoms. The standard InChI is InChI=1S/C14H16F2N4O/c1-3-20-7-9(6-18-20)8(2)19-13-4-10(14(17)21)11(15)5-12(13)16/h4-8,19H,3H2,1-2H3,(H2,17,21). The molecule has 0 saturated carbocycles. The van der Waals surface area contributed by atoms with Gasteiger partial charge in [-0.3, -0.25) is 9.48 Å². The van der Waals surface area contributed by atoms with Gasteiger partial charge < -0.3 is 11.1 Å². The predicted molar refractivity (Wildman–Crippen MR) is 74.8 cm³/mol. The fourth-order valence-corrected chi connectivity index (χ4v) is 1.94. The summed E-state index contributed by atoms with van der Waals surface area (Å²) in [5, 5.41) is 7.01. The van der Waals surface area contributed by atoms with Crippen molar-refractivity contribution in [3.05, 3.63) is 47.3 Å². The van der Waals surface area contributed by atoms with Crippen molar-refractivity contribution in [1.82, 2.24) is 9.78 Å². The number of primary amides is 1. The Morgan fingerprint density at radius 2 is 2.14 bits per heavy atom. The van der Waals surface area contributed by atoms with Crippen LogP contribution in [0.15, 0.2) is 24.5 Å². The predicted octanol–water partition coefficient (Wildman–Crippen LogP) is 2.45. The number of benzene rings is 1. The average Bonchev–Trinajstić information content (AvgIpc) is 2.90. The SMILES string of the molecule is CCn1cc(C(C)Nc2cc(C(N)=O)c(F)cc2F)cn1. The molecule has 0 aliphatic carbocycles. The number of carbonyl (C=O) groups excluding carboxylic acids is 1. The zero-order valence-electron chi connectivity index (χ0n) is 11.7. The number of nitrogens with two attached hydrogens (primary N) is 1. The van der Waals surface area contributed by atoms with E-state index in [1.54, 1.807) is 10.9 Å². The lowest BCUT2D eigenvalue weighted by Gasteiger charge is -2.15. The van der Waals surface area contributed by atoms with Gasteiger partial charge in [-0.1, -0.05) is 0 Å². The van der Waals surface area contributed by atoms with E-state index in [0.717, 1.165) is 18.2 Å². The van der Waals surface area contributed by atoms with E-state index < -0.39 is 17.5 Å². The summed E-state index contributed by atoms with van der Waals surface area (Å²) in [6.45, 7) is 4.49. The van der Waals surface area contributed by atoms with Crippen molar-refractivity contribution in [2.24, 2.45) is 5.73 Å². The normalized spacial score (nSPS) is 12.2. The van der Waals surface area contributed by atoms with Crippen LogP contribution in [0.1, 0.15) is 35.8 Å². The zero-order valence-corrected chi connectivity index (χ0v) is 11.7. The maximum atomic E-state index is 13.8. The second-order valence-corrected chi connectivity index (χ2v) is 4.67. The Kier molecular flexibility index (Phi) is 4.21. The fourth-order valence-electron chi connectivity index (χ4n) is 1.94. The van der Waals surface area contributed by atoms with Gasteiger partial charge in [0, 0.05) is 24.4 Å². The van der Waals surface area contributed by atoms with Crippen LogP contribution in [0.3, 0.4) is 0 Å². The van der Waals surface area contributed by atoms with Crippen LogP contribution < -0.4 is 11.1 Å². The van der Waals surface area contributed by atoms with Crippen molar-refractivity contribution in [2.45, 2.75) is 26.4 Å². The van der Waals surface area contributed by atoms with Crippen molar-refractivity contribution in [2.75, 3.05) is 5.32 Å².